The van der Waals surface area contributed by atoms with E-state index in [1.165, 1.54) is 17.5 Å². The predicted molar refractivity (Wildman–Crippen MR) is 92.3 cm³/mol. The fourth-order valence-corrected chi connectivity index (χ4v) is 3.19. The Bertz CT molecular complexity index is 272. The summed E-state index contributed by atoms with van der Waals surface area (Å²) >= 11 is 0. The largest absolute Gasteiger partial charge is 0.155 e. The molecular weight excluding hydrogens is 227 g/mol. The second kappa shape index (κ2) is 8.66. The second-order valence-corrected chi connectivity index (χ2v) is 7.20. The minimum Gasteiger partial charge on any atom is -0.0897 e. The molecule has 0 spiro atoms. The van der Waals surface area contributed by atoms with Gasteiger partial charge < -0.3 is 0 Å². The van der Waals surface area contributed by atoms with E-state index in [0.29, 0.717) is 23.5 Å². The first kappa shape index (κ1) is 18.5. The van der Waals surface area contributed by atoms with Crippen molar-refractivity contribution in [3.05, 3.63) is 23.3 Å². The van der Waals surface area contributed by atoms with E-state index in [-0.39, 0.29) is 0 Å². The Morgan fingerprint density at radius 1 is 0.789 bits per heavy atom. The summed E-state index contributed by atoms with van der Waals surface area (Å²) in [5.74, 6) is 2.81. The summed E-state index contributed by atoms with van der Waals surface area (Å²) in [6.45, 7) is 21.5. The zero-order valence-corrected chi connectivity index (χ0v) is 14.7. The number of allylic oxidation sites excluding steroid dienone is 4. The van der Waals surface area contributed by atoms with Gasteiger partial charge in [-0.3, -0.25) is 0 Å². The van der Waals surface area contributed by atoms with Gasteiger partial charge in [-0.2, -0.15) is 0 Å². The Labute approximate surface area is 122 Å². The minimum absolute atomic E-state index is 0.693. The van der Waals surface area contributed by atoms with Crippen molar-refractivity contribution >= 4 is 6.71 Å². The van der Waals surface area contributed by atoms with Crippen molar-refractivity contribution in [3.8, 4) is 0 Å². The fourth-order valence-electron chi connectivity index (χ4n) is 3.19. The Balaban J connectivity index is 5.42. The van der Waals surface area contributed by atoms with Gasteiger partial charge in [0.2, 0.25) is 0 Å². The molecule has 0 heterocycles. The zero-order chi connectivity index (χ0) is 15.2. The lowest BCUT2D eigenvalue weighted by atomic mass is 9.29. The standard InChI is InChI=1S/C18H35B/c1-10-19(17(15(6)7)11-13(2)3)18(16(8)9)12-14(4)5/h11-12,15-18H,10H2,1-9H3. The second-order valence-electron chi connectivity index (χ2n) is 7.20. The van der Waals surface area contributed by atoms with Crippen LogP contribution in [0.15, 0.2) is 23.3 Å². The van der Waals surface area contributed by atoms with E-state index in [2.05, 4.69) is 74.5 Å². The molecule has 0 radical (unpaired) electrons. The molecule has 0 aromatic carbocycles. The summed E-state index contributed by atoms with van der Waals surface area (Å²) in [5, 5.41) is 0. The van der Waals surface area contributed by atoms with Gasteiger partial charge in [0.25, 0.3) is 0 Å². The van der Waals surface area contributed by atoms with E-state index in [0.717, 1.165) is 6.71 Å². The van der Waals surface area contributed by atoms with E-state index in [1.807, 2.05) is 0 Å². The lowest BCUT2D eigenvalue weighted by Crippen LogP contribution is -2.30. The first-order chi connectivity index (χ1) is 8.70. The molecule has 0 aliphatic carbocycles. The van der Waals surface area contributed by atoms with E-state index >= 15 is 0 Å². The molecule has 0 bridgehead atoms. The number of rotatable bonds is 7. The van der Waals surface area contributed by atoms with E-state index in [1.54, 1.807) is 0 Å². The van der Waals surface area contributed by atoms with Crippen LogP contribution in [0.4, 0.5) is 0 Å². The molecule has 0 N–H and O–H groups in total. The molecule has 0 rings (SSSR count). The highest BCUT2D eigenvalue weighted by atomic mass is 14.2. The summed E-state index contributed by atoms with van der Waals surface area (Å²) in [4.78, 5) is 0. The molecule has 2 unspecified atom stereocenters. The smallest absolute Gasteiger partial charge is 0.0897 e. The minimum atomic E-state index is 0.693. The van der Waals surface area contributed by atoms with Gasteiger partial charge in [-0.15, -0.1) is 0 Å². The molecule has 0 aromatic heterocycles. The third-order valence-electron chi connectivity index (χ3n) is 4.05. The molecule has 0 amide bonds. The average molecular weight is 262 g/mol. The maximum Gasteiger partial charge on any atom is 0.155 e. The Hall–Kier alpha value is -0.455. The predicted octanol–water partition coefficient (Wildman–Crippen LogP) is 6.49. The van der Waals surface area contributed by atoms with Crippen LogP contribution in [0, 0.1) is 11.8 Å². The van der Waals surface area contributed by atoms with Crippen LogP contribution in [-0.2, 0) is 0 Å². The summed E-state index contributed by atoms with van der Waals surface area (Å²) in [5.41, 5.74) is 2.91. The van der Waals surface area contributed by atoms with Crippen LogP contribution >= 0.6 is 0 Å². The topological polar surface area (TPSA) is 0 Å². The van der Waals surface area contributed by atoms with Gasteiger partial charge in [-0.05, 0) is 51.2 Å². The Morgan fingerprint density at radius 2 is 1.11 bits per heavy atom. The van der Waals surface area contributed by atoms with E-state index < -0.39 is 0 Å². The molecule has 0 nitrogen and oxygen atoms in total. The third kappa shape index (κ3) is 6.50. The quantitative estimate of drug-likeness (QED) is 0.363. The first-order valence-electron chi connectivity index (χ1n) is 8.00. The lowest BCUT2D eigenvalue weighted by Gasteiger charge is -2.33. The summed E-state index contributed by atoms with van der Waals surface area (Å²) in [6, 6.07) is 0. The number of hydrogen-bond donors (Lipinski definition) is 0. The highest BCUT2D eigenvalue weighted by Crippen LogP contribution is 2.38. The average Bonchev–Trinajstić information content (AvgIpc) is 2.25. The van der Waals surface area contributed by atoms with Crippen molar-refractivity contribution in [1.29, 1.82) is 0 Å². The van der Waals surface area contributed by atoms with E-state index in [4.69, 9.17) is 0 Å². The first-order valence-corrected chi connectivity index (χ1v) is 8.00. The molecule has 0 fully saturated rings. The van der Waals surface area contributed by atoms with Gasteiger partial charge in [-0.25, -0.2) is 0 Å². The van der Waals surface area contributed by atoms with Crippen LogP contribution < -0.4 is 0 Å². The van der Waals surface area contributed by atoms with Crippen LogP contribution in [-0.4, -0.2) is 6.71 Å². The van der Waals surface area contributed by atoms with Gasteiger partial charge >= 0.3 is 0 Å². The van der Waals surface area contributed by atoms with Gasteiger partial charge in [-0.1, -0.05) is 64.2 Å². The molecule has 0 saturated heterocycles. The van der Waals surface area contributed by atoms with Crippen molar-refractivity contribution in [2.45, 2.75) is 80.3 Å². The zero-order valence-electron chi connectivity index (χ0n) is 14.7. The third-order valence-corrected chi connectivity index (χ3v) is 4.05. The monoisotopic (exact) mass is 262 g/mol. The lowest BCUT2D eigenvalue weighted by molar-refractivity contribution is 0.599. The normalized spacial score (nSPS) is 14.3. The van der Waals surface area contributed by atoms with Crippen molar-refractivity contribution in [1.82, 2.24) is 0 Å². The highest BCUT2D eigenvalue weighted by molar-refractivity contribution is 6.63. The van der Waals surface area contributed by atoms with Crippen LogP contribution in [0.2, 0.25) is 18.0 Å². The number of hydrogen-bond acceptors (Lipinski definition) is 0. The SMILES string of the molecule is CCB(C(C=C(C)C)C(C)C)C(C=C(C)C)C(C)C. The summed E-state index contributed by atoms with van der Waals surface area (Å²) in [6.07, 6.45) is 6.28. The van der Waals surface area contributed by atoms with Gasteiger partial charge in [0.1, 0.15) is 0 Å². The molecular formula is C18H35B. The Kier molecular flexibility index (Phi) is 8.46. The van der Waals surface area contributed by atoms with E-state index in [9.17, 15) is 0 Å². The van der Waals surface area contributed by atoms with Gasteiger partial charge in [0.05, 0.1) is 0 Å². The van der Waals surface area contributed by atoms with Crippen molar-refractivity contribution in [2.24, 2.45) is 11.8 Å². The Morgan fingerprint density at radius 3 is 1.26 bits per heavy atom. The highest BCUT2D eigenvalue weighted by Gasteiger charge is 2.32. The molecule has 0 aliphatic heterocycles. The molecule has 2 atom stereocenters. The van der Waals surface area contributed by atoms with Crippen LogP contribution in [0.1, 0.15) is 62.3 Å². The maximum atomic E-state index is 2.51. The molecule has 0 saturated carbocycles. The van der Waals surface area contributed by atoms with Gasteiger partial charge in [0.15, 0.2) is 6.71 Å². The van der Waals surface area contributed by atoms with Crippen molar-refractivity contribution in [2.75, 3.05) is 0 Å². The van der Waals surface area contributed by atoms with Gasteiger partial charge in [0, 0.05) is 0 Å². The van der Waals surface area contributed by atoms with Crippen LogP contribution in [0.5, 0.6) is 0 Å². The molecule has 0 aliphatic rings. The van der Waals surface area contributed by atoms with Crippen LogP contribution in [0.25, 0.3) is 0 Å². The molecule has 0 aromatic rings. The summed E-state index contributed by atoms with van der Waals surface area (Å²) < 4.78 is 0. The van der Waals surface area contributed by atoms with Crippen LogP contribution in [0.3, 0.4) is 0 Å². The van der Waals surface area contributed by atoms with Crippen molar-refractivity contribution < 1.29 is 0 Å². The maximum absolute atomic E-state index is 2.51. The molecule has 19 heavy (non-hydrogen) atoms. The summed E-state index contributed by atoms with van der Waals surface area (Å²) in [7, 11) is 0. The molecule has 1 heteroatoms. The fraction of sp³-hybridized carbons (Fsp3) is 0.778. The molecule has 110 valence electrons. The van der Waals surface area contributed by atoms with Crippen molar-refractivity contribution in [3.63, 3.8) is 0 Å².